The normalized spacial score (nSPS) is 19.6. The maximum Gasteiger partial charge on any atom is 0.318 e. The van der Waals surface area contributed by atoms with Crippen molar-refractivity contribution in [3.8, 4) is 0 Å². The van der Waals surface area contributed by atoms with Crippen molar-refractivity contribution in [3.05, 3.63) is 35.6 Å². The Hall–Kier alpha value is -2.01. The van der Waals surface area contributed by atoms with Crippen molar-refractivity contribution in [2.75, 3.05) is 13.2 Å². The monoisotopic (exact) mass is 302 g/mol. The summed E-state index contributed by atoms with van der Waals surface area (Å²) in [4.78, 5) is 14.1. The molecular formula is C17H22N2O3. The zero-order chi connectivity index (χ0) is 15.7. The average Bonchev–Trinajstić information content (AvgIpc) is 3.12. The SMILES string of the molecule is Cc1c([C@H](C)NC(=O)N2CCC[C@H]2CO)oc2ccccc12. The molecule has 2 amide bonds. The lowest BCUT2D eigenvalue weighted by molar-refractivity contribution is 0.154. The van der Waals surface area contributed by atoms with Crippen LogP contribution in [-0.2, 0) is 0 Å². The number of urea groups is 1. The van der Waals surface area contributed by atoms with Crippen molar-refractivity contribution in [2.45, 2.75) is 38.8 Å². The highest BCUT2D eigenvalue weighted by molar-refractivity contribution is 5.82. The van der Waals surface area contributed by atoms with Crippen LogP contribution in [0, 0.1) is 6.92 Å². The highest BCUT2D eigenvalue weighted by atomic mass is 16.3. The number of aliphatic hydroxyl groups excluding tert-OH is 1. The number of aryl methyl sites for hydroxylation is 1. The van der Waals surface area contributed by atoms with E-state index in [1.54, 1.807) is 4.90 Å². The molecule has 118 valence electrons. The summed E-state index contributed by atoms with van der Waals surface area (Å²) in [7, 11) is 0. The molecule has 1 fully saturated rings. The van der Waals surface area contributed by atoms with Crippen molar-refractivity contribution in [3.63, 3.8) is 0 Å². The molecule has 2 heterocycles. The second kappa shape index (κ2) is 6.01. The first-order chi connectivity index (χ1) is 10.6. The van der Waals surface area contributed by atoms with Crippen LogP contribution in [0.5, 0.6) is 0 Å². The summed E-state index contributed by atoms with van der Waals surface area (Å²) in [5.41, 5.74) is 1.90. The average molecular weight is 302 g/mol. The van der Waals surface area contributed by atoms with Gasteiger partial charge in [-0.1, -0.05) is 18.2 Å². The molecule has 2 N–H and O–H groups in total. The van der Waals surface area contributed by atoms with E-state index in [0.717, 1.165) is 35.1 Å². The van der Waals surface area contributed by atoms with Gasteiger partial charge in [0.15, 0.2) is 0 Å². The van der Waals surface area contributed by atoms with Crippen molar-refractivity contribution in [1.82, 2.24) is 10.2 Å². The number of hydrogen-bond acceptors (Lipinski definition) is 3. The molecule has 5 nitrogen and oxygen atoms in total. The molecule has 5 heteroatoms. The number of nitrogens with one attached hydrogen (secondary N) is 1. The second-order valence-corrected chi connectivity index (χ2v) is 5.93. The predicted octanol–water partition coefficient (Wildman–Crippen LogP) is 2.97. The van der Waals surface area contributed by atoms with Gasteiger partial charge >= 0.3 is 6.03 Å². The quantitative estimate of drug-likeness (QED) is 0.916. The summed E-state index contributed by atoms with van der Waals surface area (Å²) in [5.74, 6) is 0.786. The summed E-state index contributed by atoms with van der Waals surface area (Å²) < 4.78 is 5.89. The third kappa shape index (κ3) is 2.57. The highest BCUT2D eigenvalue weighted by Gasteiger charge is 2.29. The van der Waals surface area contributed by atoms with Gasteiger partial charge in [-0.25, -0.2) is 4.79 Å². The van der Waals surface area contributed by atoms with Crippen LogP contribution < -0.4 is 5.32 Å². The van der Waals surface area contributed by atoms with Crippen LogP contribution >= 0.6 is 0 Å². The number of benzene rings is 1. The molecular weight excluding hydrogens is 280 g/mol. The van der Waals surface area contributed by atoms with Gasteiger partial charge in [0.2, 0.25) is 0 Å². The second-order valence-electron chi connectivity index (χ2n) is 5.93. The third-order valence-electron chi connectivity index (χ3n) is 4.46. The van der Waals surface area contributed by atoms with Crippen molar-refractivity contribution < 1.29 is 14.3 Å². The number of aliphatic hydroxyl groups is 1. The molecule has 0 aliphatic carbocycles. The van der Waals surface area contributed by atoms with Crippen LogP contribution in [0.15, 0.2) is 28.7 Å². The van der Waals surface area contributed by atoms with Crippen LogP contribution in [0.2, 0.25) is 0 Å². The van der Waals surface area contributed by atoms with Gasteiger partial charge in [-0.15, -0.1) is 0 Å². The molecule has 2 aromatic rings. The zero-order valence-corrected chi connectivity index (χ0v) is 13.0. The minimum absolute atomic E-state index is 0.0193. The van der Waals surface area contributed by atoms with E-state index in [4.69, 9.17) is 4.42 Å². The molecule has 0 radical (unpaired) electrons. The van der Waals surface area contributed by atoms with Gasteiger partial charge in [-0.05, 0) is 32.8 Å². The zero-order valence-electron chi connectivity index (χ0n) is 13.0. The van der Waals surface area contributed by atoms with E-state index in [0.29, 0.717) is 6.54 Å². The van der Waals surface area contributed by atoms with Gasteiger partial charge in [0.05, 0.1) is 18.7 Å². The number of likely N-dealkylation sites (tertiary alicyclic amines) is 1. The summed E-state index contributed by atoms with van der Waals surface area (Å²) in [6.07, 6.45) is 1.80. The van der Waals surface area contributed by atoms with Crippen molar-refractivity contribution in [2.24, 2.45) is 0 Å². The lowest BCUT2D eigenvalue weighted by Crippen LogP contribution is -2.44. The molecule has 0 spiro atoms. The van der Waals surface area contributed by atoms with E-state index in [-0.39, 0.29) is 24.7 Å². The Balaban J connectivity index is 1.77. The fraction of sp³-hybridized carbons (Fsp3) is 0.471. The standard InChI is InChI=1S/C17H22N2O3/c1-11-14-7-3-4-8-15(14)22-16(11)12(2)18-17(21)19-9-5-6-13(19)10-20/h3-4,7-8,12-13,20H,5-6,9-10H2,1-2H3,(H,18,21)/t12-,13-/m0/s1. The molecule has 0 bridgehead atoms. The molecule has 0 unspecified atom stereocenters. The number of para-hydroxylation sites is 1. The van der Waals surface area contributed by atoms with Crippen LogP contribution in [0.3, 0.4) is 0 Å². The number of amides is 2. The van der Waals surface area contributed by atoms with E-state index < -0.39 is 0 Å². The van der Waals surface area contributed by atoms with Gasteiger partial charge in [-0.3, -0.25) is 0 Å². The largest absolute Gasteiger partial charge is 0.459 e. The predicted molar refractivity (Wildman–Crippen MR) is 84.7 cm³/mol. The van der Waals surface area contributed by atoms with E-state index in [1.165, 1.54) is 0 Å². The Morgan fingerprint density at radius 1 is 1.50 bits per heavy atom. The molecule has 1 aromatic carbocycles. The Labute approximate surface area is 129 Å². The van der Waals surface area contributed by atoms with E-state index in [2.05, 4.69) is 5.32 Å². The summed E-state index contributed by atoms with van der Waals surface area (Å²) in [5, 5.41) is 13.4. The van der Waals surface area contributed by atoms with Crippen LogP contribution in [0.4, 0.5) is 4.79 Å². The molecule has 1 aromatic heterocycles. The molecule has 1 aliphatic rings. The molecule has 1 saturated heterocycles. The summed E-state index contributed by atoms with van der Waals surface area (Å²) in [6.45, 7) is 4.65. The van der Waals surface area contributed by atoms with Crippen LogP contribution in [-0.4, -0.2) is 35.2 Å². The Kier molecular flexibility index (Phi) is 4.07. The van der Waals surface area contributed by atoms with E-state index >= 15 is 0 Å². The minimum Gasteiger partial charge on any atom is -0.459 e. The number of carbonyl (C=O) groups excluding carboxylic acids is 1. The first-order valence-corrected chi connectivity index (χ1v) is 7.78. The van der Waals surface area contributed by atoms with Gasteiger partial charge in [0.25, 0.3) is 0 Å². The topological polar surface area (TPSA) is 65.7 Å². The molecule has 1 aliphatic heterocycles. The molecule has 3 rings (SSSR count). The lowest BCUT2D eigenvalue weighted by atomic mass is 10.1. The number of carbonyl (C=O) groups is 1. The number of rotatable bonds is 3. The number of furan rings is 1. The number of nitrogens with zero attached hydrogens (tertiary/aromatic N) is 1. The van der Waals surface area contributed by atoms with Crippen LogP contribution in [0.1, 0.15) is 37.1 Å². The molecule has 22 heavy (non-hydrogen) atoms. The first-order valence-electron chi connectivity index (χ1n) is 7.78. The summed E-state index contributed by atoms with van der Waals surface area (Å²) in [6, 6.07) is 7.46. The fourth-order valence-corrected chi connectivity index (χ4v) is 3.23. The van der Waals surface area contributed by atoms with Crippen molar-refractivity contribution in [1.29, 1.82) is 0 Å². The number of fused-ring (bicyclic) bond motifs is 1. The number of hydrogen-bond donors (Lipinski definition) is 2. The van der Waals surface area contributed by atoms with Crippen molar-refractivity contribution >= 4 is 17.0 Å². The van der Waals surface area contributed by atoms with E-state index in [9.17, 15) is 9.90 Å². The lowest BCUT2D eigenvalue weighted by Gasteiger charge is -2.25. The summed E-state index contributed by atoms with van der Waals surface area (Å²) >= 11 is 0. The maximum absolute atomic E-state index is 12.4. The first kappa shape index (κ1) is 14.9. The minimum atomic E-state index is -0.208. The fourth-order valence-electron chi connectivity index (χ4n) is 3.23. The van der Waals surface area contributed by atoms with Gasteiger partial charge in [0.1, 0.15) is 11.3 Å². The molecule has 0 saturated carbocycles. The Morgan fingerprint density at radius 2 is 2.27 bits per heavy atom. The Morgan fingerprint density at radius 3 is 3.00 bits per heavy atom. The van der Waals surface area contributed by atoms with Gasteiger partial charge in [-0.2, -0.15) is 0 Å². The van der Waals surface area contributed by atoms with Gasteiger partial charge in [0, 0.05) is 17.5 Å². The van der Waals surface area contributed by atoms with E-state index in [1.807, 2.05) is 38.1 Å². The smallest absolute Gasteiger partial charge is 0.318 e. The third-order valence-corrected chi connectivity index (χ3v) is 4.46. The van der Waals surface area contributed by atoms with Gasteiger partial charge < -0.3 is 19.7 Å². The maximum atomic E-state index is 12.4. The molecule has 2 atom stereocenters. The Bertz CT molecular complexity index is 680. The van der Waals surface area contributed by atoms with Crippen LogP contribution in [0.25, 0.3) is 11.0 Å². The highest BCUT2D eigenvalue weighted by Crippen LogP contribution is 2.29.